The topological polar surface area (TPSA) is 42.1 Å². The van der Waals surface area contributed by atoms with Gasteiger partial charge in [0.15, 0.2) is 0 Å². The van der Waals surface area contributed by atoms with Crippen LogP contribution in [0.25, 0.3) is 0 Å². The zero-order valence-electron chi connectivity index (χ0n) is 11.6. The van der Waals surface area contributed by atoms with E-state index in [0.29, 0.717) is 12.6 Å². The fourth-order valence-electron chi connectivity index (χ4n) is 3.06. The summed E-state index contributed by atoms with van der Waals surface area (Å²) in [6, 6.07) is 6.86. The summed E-state index contributed by atoms with van der Waals surface area (Å²) < 4.78 is 0. The Kier molecular flexibility index (Phi) is 4.72. The van der Waals surface area contributed by atoms with Gasteiger partial charge in [-0.05, 0) is 37.9 Å². The molecule has 2 N–H and O–H groups in total. The Labute approximate surface area is 110 Å². The summed E-state index contributed by atoms with van der Waals surface area (Å²) in [7, 11) is 2.23. The highest BCUT2D eigenvalue weighted by molar-refractivity contribution is 5.11. The SMILES string of the molecule is CC1CCCCC1N(C)Cc1cccc(CN)n1. The van der Waals surface area contributed by atoms with Gasteiger partial charge in [-0.15, -0.1) is 0 Å². The maximum absolute atomic E-state index is 5.64. The highest BCUT2D eigenvalue weighted by Crippen LogP contribution is 2.27. The van der Waals surface area contributed by atoms with Crippen molar-refractivity contribution in [2.45, 2.75) is 51.7 Å². The molecule has 1 aliphatic rings. The third-order valence-electron chi connectivity index (χ3n) is 4.12. The fraction of sp³-hybridized carbons (Fsp3) is 0.667. The Balaban J connectivity index is 1.98. The van der Waals surface area contributed by atoms with Crippen molar-refractivity contribution >= 4 is 0 Å². The normalized spacial score (nSPS) is 24.4. The van der Waals surface area contributed by atoms with Crippen LogP contribution in [0, 0.1) is 5.92 Å². The van der Waals surface area contributed by atoms with Gasteiger partial charge in [0.1, 0.15) is 0 Å². The summed E-state index contributed by atoms with van der Waals surface area (Å²) in [6.45, 7) is 3.84. The van der Waals surface area contributed by atoms with Crippen LogP contribution in [-0.2, 0) is 13.1 Å². The molecule has 1 aromatic heterocycles. The number of pyridine rings is 1. The van der Waals surface area contributed by atoms with Crippen molar-refractivity contribution in [3.8, 4) is 0 Å². The third-order valence-corrected chi connectivity index (χ3v) is 4.12. The number of hydrogen-bond donors (Lipinski definition) is 1. The van der Waals surface area contributed by atoms with Crippen LogP contribution in [0.15, 0.2) is 18.2 Å². The van der Waals surface area contributed by atoms with Gasteiger partial charge in [0.2, 0.25) is 0 Å². The van der Waals surface area contributed by atoms with E-state index in [2.05, 4.69) is 36.0 Å². The Morgan fingerprint density at radius 2 is 2.00 bits per heavy atom. The summed E-state index contributed by atoms with van der Waals surface area (Å²) in [4.78, 5) is 7.05. The molecule has 100 valence electrons. The van der Waals surface area contributed by atoms with Gasteiger partial charge >= 0.3 is 0 Å². The first-order valence-electron chi connectivity index (χ1n) is 7.06. The van der Waals surface area contributed by atoms with Crippen molar-refractivity contribution in [2.75, 3.05) is 7.05 Å². The first kappa shape index (κ1) is 13.5. The molecular formula is C15H25N3. The Morgan fingerprint density at radius 1 is 1.28 bits per heavy atom. The molecule has 0 amide bonds. The predicted molar refractivity (Wildman–Crippen MR) is 75.0 cm³/mol. The first-order chi connectivity index (χ1) is 8.70. The van der Waals surface area contributed by atoms with Crippen molar-refractivity contribution in [3.05, 3.63) is 29.6 Å². The zero-order valence-corrected chi connectivity index (χ0v) is 11.6. The summed E-state index contributed by atoms with van der Waals surface area (Å²) >= 11 is 0. The molecule has 3 heteroatoms. The van der Waals surface area contributed by atoms with E-state index < -0.39 is 0 Å². The molecule has 2 rings (SSSR count). The molecule has 2 atom stereocenters. The van der Waals surface area contributed by atoms with E-state index in [4.69, 9.17) is 5.73 Å². The molecule has 1 heterocycles. The van der Waals surface area contributed by atoms with Crippen LogP contribution in [0.2, 0.25) is 0 Å². The molecule has 0 bridgehead atoms. The molecule has 0 aromatic carbocycles. The van der Waals surface area contributed by atoms with Gasteiger partial charge in [0, 0.05) is 19.1 Å². The van der Waals surface area contributed by atoms with Crippen LogP contribution in [0.1, 0.15) is 44.0 Å². The van der Waals surface area contributed by atoms with Gasteiger partial charge in [-0.2, -0.15) is 0 Å². The van der Waals surface area contributed by atoms with Gasteiger partial charge in [-0.1, -0.05) is 25.8 Å². The quantitative estimate of drug-likeness (QED) is 0.889. The maximum Gasteiger partial charge on any atom is 0.0547 e. The standard InChI is InChI=1S/C15H25N3/c1-12-6-3-4-9-15(12)18(2)11-14-8-5-7-13(10-16)17-14/h5,7-8,12,15H,3-4,6,9-11,16H2,1-2H3. The van der Waals surface area contributed by atoms with Crippen LogP contribution in [0.5, 0.6) is 0 Å². The number of nitrogens with two attached hydrogens (primary N) is 1. The summed E-state index contributed by atoms with van der Waals surface area (Å²) in [6.07, 6.45) is 5.46. The van der Waals surface area contributed by atoms with E-state index >= 15 is 0 Å². The molecule has 3 nitrogen and oxygen atoms in total. The molecule has 2 unspecified atom stereocenters. The second-order valence-electron chi connectivity index (χ2n) is 5.57. The first-order valence-corrected chi connectivity index (χ1v) is 7.06. The molecule has 0 saturated heterocycles. The molecule has 1 aliphatic carbocycles. The number of nitrogens with zero attached hydrogens (tertiary/aromatic N) is 2. The molecule has 1 fully saturated rings. The lowest BCUT2D eigenvalue weighted by molar-refractivity contribution is 0.132. The number of aromatic nitrogens is 1. The molecule has 0 radical (unpaired) electrons. The second-order valence-corrected chi connectivity index (χ2v) is 5.57. The van der Waals surface area contributed by atoms with E-state index in [9.17, 15) is 0 Å². The van der Waals surface area contributed by atoms with Crippen LogP contribution >= 0.6 is 0 Å². The molecule has 18 heavy (non-hydrogen) atoms. The largest absolute Gasteiger partial charge is 0.325 e. The van der Waals surface area contributed by atoms with Crippen LogP contribution < -0.4 is 5.73 Å². The lowest BCUT2D eigenvalue weighted by atomic mass is 9.85. The molecule has 1 saturated carbocycles. The van der Waals surface area contributed by atoms with Crippen LogP contribution in [-0.4, -0.2) is 23.0 Å². The predicted octanol–water partition coefficient (Wildman–Crippen LogP) is 2.55. The number of hydrogen-bond acceptors (Lipinski definition) is 3. The monoisotopic (exact) mass is 247 g/mol. The summed E-state index contributed by atoms with van der Waals surface area (Å²) in [5, 5.41) is 0. The molecule has 1 aromatic rings. The van der Waals surface area contributed by atoms with E-state index in [1.165, 1.54) is 25.7 Å². The lowest BCUT2D eigenvalue weighted by Gasteiger charge is -2.36. The molecule has 0 spiro atoms. The highest BCUT2D eigenvalue weighted by atomic mass is 15.1. The number of rotatable bonds is 4. The second kappa shape index (κ2) is 6.30. The van der Waals surface area contributed by atoms with Crippen molar-refractivity contribution in [1.29, 1.82) is 0 Å². The highest BCUT2D eigenvalue weighted by Gasteiger charge is 2.24. The van der Waals surface area contributed by atoms with E-state index in [0.717, 1.165) is 23.9 Å². The molecule has 0 aliphatic heterocycles. The minimum Gasteiger partial charge on any atom is -0.325 e. The van der Waals surface area contributed by atoms with E-state index in [1.807, 2.05) is 6.07 Å². The minimum absolute atomic E-state index is 0.525. The average molecular weight is 247 g/mol. The maximum atomic E-state index is 5.64. The van der Waals surface area contributed by atoms with Crippen molar-refractivity contribution in [3.63, 3.8) is 0 Å². The zero-order chi connectivity index (χ0) is 13.0. The van der Waals surface area contributed by atoms with Crippen LogP contribution in [0.4, 0.5) is 0 Å². The van der Waals surface area contributed by atoms with Crippen LogP contribution in [0.3, 0.4) is 0 Å². The Hall–Kier alpha value is -0.930. The average Bonchev–Trinajstić information content (AvgIpc) is 2.39. The van der Waals surface area contributed by atoms with Gasteiger partial charge in [-0.3, -0.25) is 9.88 Å². The smallest absolute Gasteiger partial charge is 0.0547 e. The lowest BCUT2D eigenvalue weighted by Crippen LogP contribution is -2.38. The van der Waals surface area contributed by atoms with E-state index in [1.54, 1.807) is 0 Å². The van der Waals surface area contributed by atoms with Gasteiger partial charge in [0.25, 0.3) is 0 Å². The van der Waals surface area contributed by atoms with Gasteiger partial charge in [0.05, 0.1) is 11.4 Å². The van der Waals surface area contributed by atoms with Crippen molar-refractivity contribution in [2.24, 2.45) is 11.7 Å². The Morgan fingerprint density at radius 3 is 2.72 bits per heavy atom. The van der Waals surface area contributed by atoms with Gasteiger partial charge in [-0.25, -0.2) is 0 Å². The van der Waals surface area contributed by atoms with Crippen molar-refractivity contribution < 1.29 is 0 Å². The van der Waals surface area contributed by atoms with Crippen molar-refractivity contribution in [1.82, 2.24) is 9.88 Å². The molecular weight excluding hydrogens is 222 g/mol. The minimum atomic E-state index is 0.525. The Bertz CT molecular complexity index is 378. The van der Waals surface area contributed by atoms with E-state index in [-0.39, 0.29) is 0 Å². The third kappa shape index (κ3) is 3.30. The summed E-state index contributed by atoms with van der Waals surface area (Å²) in [5.74, 6) is 0.807. The fourth-order valence-corrected chi connectivity index (χ4v) is 3.06. The summed E-state index contributed by atoms with van der Waals surface area (Å²) in [5.41, 5.74) is 7.76. The van der Waals surface area contributed by atoms with Gasteiger partial charge < -0.3 is 5.73 Å².